The van der Waals surface area contributed by atoms with Crippen LogP contribution in [0.15, 0.2) is 67.0 Å². The largest absolute Gasteiger partial charge is 0.465 e. The van der Waals surface area contributed by atoms with Crippen molar-refractivity contribution in [1.29, 1.82) is 0 Å². The Hall–Kier alpha value is -3.34. The monoisotopic (exact) mass is 387 g/mol. The molecule has 5 nitrogen and oxygen atoms in total. The van der Waals surface area contributed by atoms with Crippen LogP contribution in [0.4, 0.5) is 17.1 Å². The van der Waals surface area contributed by atoms with Crippen LogP contribution in [0.25, 0.3) is 0 Å². The lowest BCUT2D eigenvalue weighted by Gasteiger charge is -2.21. The van der Waals surface area contributed by atoms with Gasteiger partial charge in [0.2, 0.25) is 0 Å². The molecule has 29 heavy (non-hydrogen) atoms. The molecule has 0 aliphatic heterocycles. The lowest BCUT2D eigenvalue weighted by Crippen LogP contribution is -2.14. The van der Waals surface area contributed by atoms with Crippen molar-refractivity contribution in [2.24, 2.45) is 0 Å². The van der Waals surface area contributed by atoms with Crippen LogP contribution in [0.2, 0.25) is 0 Å². The topological polar surface area (TPSA) is 54.5 Å². The van der Waals surface area contributed by atoms with E-state index in [2.05, 4.69) is 64.7 Å². The lowest BCUT2D eigenvalue weighted by atomic mass is 10.0. The first-order valence-electron chi connectivity index (χ1n) is 9.85. The van der Waals surface area contributed by atoms with Gasteiger partial charge in [-0.05, 0) is 54.3 Å². The van der Waals surface area contributed by atoms with Crippen molar-refractivity contribution in [1.82, 2.24) is 4.98 Å². The molecule has 1 N–H and O–H groups in total. The van der Waals surface area contributed by atoms with Crippen molar-refractivity contribution in [3.8, 4) is 0 Å². The van der Waals surface area contributed by atoms with Gasteiger partial charge in [-0.3, -0.25) is 4.98 Å². The van der Waals surface area contributed by atoms with Crippen LogP contribution >= 0.6 is 0 Å². The van der Waals surface area contributed by atoms with Crippen molar-refractivity contribution in [2.45, 2.75) is 18.8 Å². The Labute approximate surface area is 171 Å². The van der Waals surface area contributed by atoms with Crippen molar-refractivity contribution < 1.29 is 9.53 Å². The van der Waals surface area contributed by atoms with Gasteiger partial charge in [-0.1, -0.05) is 24.3 Å². The number of para-hydroxylation sites is 1. The van der Waals surface area contributed by atoms with Crippen molar-refractivity contribution >= 4 is 23.0 Å². The van der Waals surface area contributed by atoms with E-state index in [0.717, 1.165) is 19.4 Å². The molecule has 1 aliphatic rings. The molecule has 1 atom stereocenters. The zero-order chi connectivity index (χ0) is 20.2. The van der Waals surface area contributed by atoms with Gasteiger partial charge in [0.1, 0.15) is 0 Å². The molecule has 5 heteroatoms. The van der Waals surface area contributed by atoms with E-state index >= 15 is 0 Å². The lowest BCUT2D eigenvalue weighted by molar-refractivity contribution is 0.0601. The van der Waals surface area contributed by atoms with Crippen molar-refractivity contribution in [3.05, 3.63) is 83.7 Å². The van der Waals surface area contributed by atoms with Gasteiger partial charge in [-0.15, -0.1) is 0 Å². The predicted molar refractivity (Wildman–Crippen MR) is 116 cm³/mol. The van der Waals surface area contributed by atoms with E-state index < -0.39 is 0 Å². The molecule has 148 valence electrons. The minimum Gasteiger partial charge on any atom is -0.465 e. The number of fused-ring (bicyclic) bond motifs is 1. The van der Waals surface area contributed by atoms with Gasteiger partial charge in [0.05, 0.1) is 24.6 Å². The number of nitrogens with zero attached hydrogens (tertiary/aromatic N) is 2. The van der Waals surface area contributed by atoms with E-state index in [1.54, 1.807) is 18.5 Å². The summed E-state index contributed by atoms with van der Waals surface area (Å²) in [5, 5.41) is 3.40. The number of anilines is 3. The maximum absolute atomic E-state index is 12.0. The molecule has 4 rings (SSSR count). The highest BCUT2D eigenvalue weighted by molar-refractivity contribution is 5.95. The average Bonchev–Trinajstić information content (AvgIpc) is 3.19. The van der Waals surface area contributed by atoms with Gasteiger partial charge >= 0.3 is 5.97 Å². The second kappa shape index (κ2) is 8.35. The quantitative estimate of drug-likeness (QED) is 0.617. The number of hydrogen-bond donors (Lipinski definition) is 1. The Morgan fingerprint density at radius 3 is 2.79 bits per heavy atom. The summed E-state index contributed by atoms with van der Waals surface area (Å²) in [5.41, 5.74) is 6.39. The Bertz CT molecular complexity index is 1000. The fourth-order valence-electron chi connectivity index (χ4n) is 3.97. The van der Waals surface area contributed by atoms with Crippen LogP contribution in [0.3, 0.4) is 0 Å². The van der Waals surface area contributed by atoms with Crippen molar-refractivity contribution in [3.63, 3.8) is 0 Å². The maximum atomic E-state index is 12.0. The molecule has 1 unspecified atom stereocenters. The summed E-state index contributed by atoms with van der Waals surface area (Å²) >= 11 is 0. The molecule has 0 radical (unpaired) electrons. The third kappa shape index (κ3) is 3.94. The number of pyridine rings is 1. The van der Waals surface area contributed by atoms with Crippen LogP contribution in [-0.4, -0.2) is 31.7 Å². The van der Waals surface area contributed by atoms with Crippen molar-refractivity contribution in [2.75, 3.05) is 30.9 Å². The molecule has 0 spiro atoms. The maximum Gasteiger partial charge on any atom is 0.340 e. The Morgan fingerprint density at radius 2 is 2.00 bits per heavy atom. The van der Waals surface area contributed by atoms with Gasteiger partial charge in [0.15, 0.2) is 0 Å². The molecule has 0 bridgehead atoms. The summed E-state index contributed by atoms with van der Waals surface area (Å²) in [5.74, 6) is 0.0575. The van der Waals surface area contributed by atoms with E-state index in [1.165, 1.54) is 29.6 Å². The van der Waals surface area contributed by atoms with E-state index in [0.29, 0.717) is 17.2 Å². The standard InChI is InChI=1S/C24H25N3O2/c1-27(19-6-4-3-5-7-19)20-10-11-21-17(14-20)8-9-18(21)15-26-23-16-25-13-12-22(23)24(28)29-2/h3-7,10-14,16,18,26H,8-9,15H2,1-2H3. The molecule has 3 aromatic rings. The minimum atomic E-state index is -0.352. The van der Waals surface area contributed by atoms with Gasteiger partial charge in [0.25, 0.3) is 0 Å². The molecule has 0 saturated carbocycles. The fraction of sp³-hybridized carbons (Fsp3) is 0.250. The van der Waals surface area contributed by atoms with Gasteiger partial charge in [-0.25, -0.2) is 4.79 Å². The minimum absolute atomic E-state index is 0.352. The third-order valence-electron chi connectivity index (χ3n) is 5.62. The predicted octanol–water partition coefficient (Wildman–Crippen LogP) is 4.78. The Morgan fingerprint density at radius 1 is 1.17 bits per heavy atom. The number of ether oxygens (including phenoxy) is 1. The number of esters is 1. The van der Waals surface area contributed by atoms with Crippen LogP contribution in [0.5, 0.6) is 0 Å². The third-order valence-corrected chi connectivity index (χ3v) is 5.62. The highest BCUT2D eigenvalue weighted by Gasteiger charge is 2.24. The number of benzene rings is 2. The smallest absolute Gasteiger partial charge is 0.340 e. The number of methoxy groups -OCH3 is 1. The zero-order valence-electron chi connectivity index (χ0n) is 16.8. The number of carbonyl (C=O) groups is 1. The molecule has 1 aliphatic carbocycles. The van der Waals surface area contributed by atoms with Crippen LogP contribution in [0.1, 0.15) is 33.8 Å². The van der Waals surface area contributed by atoms with E-state index in [4.69, 9.17) is 4.74 Å². The summed E-state index contributed by atoms with van der Waals surface area (Å²) in [6.07, 6.45) is 5.44. The molecular weight excluding hydrogens is 362 g/mol. The Balaban J connectivity index is 1.48. The van der Waals surface area contributed by atoms with Gasteiger partial charge in [0, 0.05) is 37.1 Å². The van der Waals surface area contributed by atoms with Crippen LogP contribution < -0.4 is 10.2 Å². The van der Waals surface area contributed by atoms with Crippen LogP contribution in [-0.2, 0) is 11.2 Å². The number of carbonyl (C=O) groups excluding carboxylic acids is 1. The van der Waals surface area contributed by atoms with Gasteiger partial charge < -0.3 is 15.0 Å². The number of nitrogens with one attached hydrogen (secondary N) is 1. The second-order valence-electron chi connectivity index (χ2n) is 7.31. The SMILES string of the molecule is COC(=O)c1ccncc1NCC1CCc2cc(N(C)c3ccccc3)ccc21. The Kier molecular flexibility index (Phi) is 5.47. The molecular formula is C24H25N3O2. The van der Waals surface area contributed by atoms with E-state index in [-0.39, 0.29) is 5.97 Å². The average molecular weight is 387 g/mol. The normalized spacial score (nSPS) is 14.9. The van der Waals surface area contributed by atoms with Crippen LogP contribution in [0, 0.1) is 0 Å². The summed E-state index contributed by atoms with van der Waals surface area (Å²) in [4.78, 5) is 18.3. The number of rotatable bonds is 6. The molecule has 1 heterocycles. The van der Waals surface area contributed by atoms with E-state index in [9.17, 15) is 4.79 Å². The van der Waals surface area contributed by atoms with Gasteiger partial charge in [-0.2, -0.15) is 0 Å². The molecule has 1 aromatic heterocycles. The first-order chi connectivity index (χ1) is 14.2. The first kappa shape index (κ1) is 19.0. The van der Waals surface area contributed by atoms with E-state index in [1.807, 2.05) is 6.07 Å². The number of hydrogen-bond acceptors (Lipinski definition) is 5. The summed E-state index contributed by atoms with van der Waals surface area (Å²) < 4.78 is 4.87. The number of aryl methyl sites for hydroxylation is 1. The summed E-state index contributed by atoms with van der Waals surface area (Å²) in [6, 6.07) is 18.8. The molecule has 0 saturated heterocycles. The highest BCUT2D eigenvalue weighted by atomic mass is 16.5. The first-order valence-corrected chi connectivity index (χ1v) is 9.85. The summed E-state index contributed by atoms with van der Waals surface area (Å²) in [6.45, 7) is 0.760. The fourth-order valence-corrected chi connectivity index (χ4v) is 3.97. The highest BCUT2D eigenvalue weighted by Crippen LogP contribution is 2.36. The zero-order valence-corrected chi connectivity index (χ0v) is 16.8. The number of aromatic nitrogens is 1. The summed E-state index contributed by atoms with van der Waals surface area (Å²) in [7, 11) is 3.49. The second-order valence-corrected chi connectivity index (χ2v) is 7.31. The molecule has 0 fully saturated rings. The molecule has 0 amide bonds. The molecule has 2 aromatic carbocycles.